The Morgan fingerprint density at radius 3 is 2.28 bits per heavy atom. The Kier molecular flexibility index (Phi) is 5.38. The van der Waals surface area contributed by atoms with Gasteiger partial charge in [0.2, 0.25) is 0 Å². The number of fused-ring (bicyclic) bond motifs is 1. The lowest BCUT2D eigenvalue weighted by atomic mass is 9.98. The summed E-state index contributed by atoms with van der Waals surface area (Å²) in [6.07, 6.45) is 4.34. The second kappa shape index (κ2) is 8.11. The van der Waals surface area contributed by atoms with E-state index >= 15 is 0 Å². The predicted octanol–water partition coefficient (Wildman–Crippen LogP) is 2.53. The Morgan fingerprint density at radius 1 is 0.897 bits per heavy atom. The molecule has 2 aliphatic heterocycles. The summed E-state index contributed by atoms with van der Waals surface area (Å²) in [5.74, 6) is 1.15. The second-order valence-corrected chi connectivity index (χ2v) is 7.38. The molecule has 1 aromatic heterocycles. The van der Waals surface area contributed by atoms with Gasteiger partial charge in [-0.15, -0.1) is 0 Å². The molecule has 0 spiro atoms. The minimum absolute atomic E-state index is 0.0280. The molecule has 152 valence electrons. The minimum atomic E-state index is -0.165. The van der Waals surface area contributed by atoms with Crippen LogP contribution in [0.15, 0.2) is 30.5 Å². The summed E-state index contributed by atoms with van der Waals surface area (Å²) in [6, 6.07) is 7.20. The van der Waals surface area contributed by atoms with E-state index in [1.165, 1.54) is 0 Å². The van der Waals surface area contributed by atoms with Gasteiger partial charge in [0.1, 0.15) is 5.69 Å². The van der Waals surface area contributed by atoms with Crippen LogP contribution in [0.1, 0.15) is 44.8 Å². The van der Waals surface area contributed by atoms with E-state index in [4.69, 9.17) is 9.47 Å². The molecule has 0 atom stereocenters. The monoisotopic (exact) mass is 395 g/mol. The third-order valence-corrected chi connectivity index (χ3v) is 5.62. The molecule has 1 aromatic carbocycles. The van der Waals surface area contributed by atoms with Crippen molar-refractivity contribution in [2.24, 2.45) is 0 Å². The zero-order chi connectivity index (χ0) is 20.4. The minimum Gasteiger partial charge on any atom is -0.493 e. The standard InChI is InChI=1S/C22H25N3O4/c1-28-19-12-15-6-10-25(14-17(15)13-20(19)29-2)22(27)18-11-16(5-7-23-18)21(26)24-8-3-4-9-24/h5,7,11-13H,3-4,6,8-10,14H2,1-2H3. The first-order valence-corrected chi connectivity index (χ1v) is 9.89. The predicted molar refractivity (Wildman–Crippen MR) is 107 cm³/mol. The van der Waals surface area contributed by atoms with Crippen LogP contribution < -0.4 is 9.47 Å². The van der Waals surface area contributed by atoms with Gasteiger partial charge in [-0.3, -0.25) is 14.6 Å². The summed E-state index contributed by atoms with van der Waals surface area (Å²) >= 11 is 0. The maximum atomic E-state index is 13.1. The Hall–Kier alpha value is -3.09. The highest BCUT2D eigenvalue weighted by atomic mass is 16.5. The molecule has 2 aliphatic rings. The van der Waals surface area contributed by atoms with E-state index in [2.05, 4.69) is 4.98 Å². The molecule has 0 saturated carbocycles. The van der Waals surface area contributed by atoms with E-state index in [-0.39, 0.29) is 11.8 Å². The topological polar surface area (TPSA) is 72.0 Å². The SMILES string of the molecule is COc1cc2c(cc1OC)CN(C(=O)c1cc(C(=O)N3CCCC3)ccn1)CC2. The first kappa shape index (κ1) is 19.2. The van der Waals surface area contributed by atoms with Crippen molar-refractivity contribution < 1.29 is 19.1 Å². The van der Waals surface area contributed by atoms with E-state index in [0.717, 1.165) is 43.5 Å². The van der Waals surface area contributed by atoms with Gasteiger partial charge in [0.05, 0.1) is 14.2 Å². The van der Waals surface area contributed by atoms with Gasteiger partial charge >= 0.3 is 0 Å². The molecule has 7 heteroatoms. The molecule has 0 radical (unpaired) electrons. The number of hydrogen-bond donors (Lipinski definition) is 0. The largest absolute Gasteiger partial charge is 0.493 e. The molecule has 1 fully saturated rings. The number of benzene rings is 1. The van der Waals surface area contributed by atoms with Crippen molar-refractivity contribution in [3.8, 4) is 11.5 Å². The van der Waals surface area contributed by atoms with Crippen molar-refractivity contribution in [2.75, 3.05) is 33.9 Å². The maximum absolute atomic E-state index is 13.1. The van der Waals surface area contributed by atoms with Crippen LogP contribution in [-0.2, 0) is 13.0 Å². The van der Waals surface area contributed by atoms with Crippen LogP contribution in [0.5, 0.6) is 11.5 Å². The van der Waals surface area contributed by atoms with Crippen molar-refractivity contribution in [1.29, 1.82) is 0 Å². The third-order valence-electron chi connectivity index (χ3n) is 5.62. The summed E-state index contributed by atoms with van der Waals surface area (Å²) < 4.78 is 10.8. The number of hydrogen-bond acceptors (Lipinski definition) is 5. The van der Waals surface area contributed by atoms with Gasteiger partial charge in [-0.25, -0.2) is 0 Å². The molecule has 0 unspecified atom stereocenters. The number of amides is 2. The summed E-state index contributed by atoms with van der Waals surface area (Å²) in [6.45, 7) is 2.62. The molecule has 29 heavy (non-hydrogen) atoms. The number of ether oxygens (including phenoxy) is 2. The third kappa shape index (κ3) is 3.77. The number of rotatable bonds is 4. The molecule has 2 amide bonds. The van der Waals surface area contributed by atoms with E-state index < -0.39 is 0 Å². The molecule has 3 heterocycles. The van der Waals surface area contributed by atoms with Gasteiger partial charge in [0, 0.05) is 37.9 Å². The van der Waals surface area contributed by atoms with Crippen LogP contribution in [0.3, 0.4) is 0 Å². The maximum Gasteiger partial charge on any atom is 0.272 e. The summed E-state index contributed by atoms with van der Waals surface area (Å²) in [7, 11) is 3.22. The molecule has 2 aromatic rings. The van der Waals surface area contributed by atoms with E-state index in [9.17, 15) is 9.59 Å². The molecular weight excluding hydrogens is 370 g/mol. The van der Waals surface area contributed by atoms with Gasteiger partial charge < -0.3 is 19.3 Å². The number of nitrogens with zero attached hydrogens (tertiary/aromatic N) is 3. The fraction of sp³-hybridized carbons (Fsp3) is 0.409. The number of methoxy groups -OCH3 is 2. The van der Waals surface area contributed by atoms with Gasteiger partial charge in [-0.05, 0) is 54.7 Å². The van der Waals surface area contributed by atoms with Crippen LogP contribution >= 0.6 is 0 Å². The second-order valence-electron chi connectivity index (χ2n) is 7.38. The molecule has 0 bridgehead atoms. The Labute approximate surface area is 170 Å². The number of carbonyl (C=O) groups excluding carboxylic acids is 2. The highest BCUT2D eigenvalue weighted by Crippen LogP contribution is 2.33. The zero-order valence-electron chi connectivity index (χ0n) is 16.8. The summed E-state index contributed by atoms with van der Waals surface area (Å²) in [5, 5.41) is 0. The quantitative estimate of drug-likeness (QED) is 0.796. The van der Waals surface area contributed by atoms with Gasteiger partial charge in [-0.2, -0.15) is 0 Å². The lowest BCUT2D eigenvalue weighted by Gasteiger charge is -2.29. The molecule has 7 nitrogen and oxygen atoms in total. The van der Waals surface area contributed by atoms with Crippen LogP contribution in [0, 0.1) is 0 Å². The van der Waals surface area contributed by atoms with Crippen molar-refractivity contribution >= 4 is 11.8 Å². The lowest BCUT2D eigenvalue weighted by molar-refractivity contribution is 0.0728. The van der Waals surface area contributed by atoms with Crippen LogP contribution in [0.25, 0.3) is 0 Å². The Balaban J connectivity index is 1.53. The number of carbonyl (C=O) groups is 2. The van der Waals surface area contributed by atoms with E-state index in [0.29, 0.717) is 35.8 Å². The first-order valence-electron chi connectivity index (χ1n) is 9.89. The Morgan fingerprint density at radius 2 is 1.59 bits per heavy atom. The van der Waals surface area contributed by atoms with Crippen LogP contribution in [-0.4, -0.2) is 60.5 Å². The number of aromatic nitrogens is 1. The van der Waals surface area contributed by atoms with Crippen molar-refractivity contribution in [2.45, 2.75) is 25.8 Å². The van der Waals surface area contributed by atoms with Crippen molar-refractivity contribution in [3.63, 3.8) is 0 Å². The highest BCUT2D eigenvalue weighted by Gasteiger charge is 2.26. The molecule has 0 N–H and O–H groups in total. The zero-order valence-corrected chi connectivity index (χ0v) is 16.8. The van der Waals surface area contributed by atoms with Gasteiger partial charge in [-0.1, -0.05) is 0 Å². The summed E-state index contributed by atoms with van der Waals surface area (Å²) in [4.78, 5) is 33.5. The lowest BCUT2D eigenvalue weighted by Crippen LogP contribution is -2.36. The summed E-state index contributed by atoms with van der Waals surface area (Å²) in [5.41, 5.74) is 3.01. The van der Waals surface area contributed by atoms with Crippen LogP contribution in [0.2, 0.25) is 0 Å². The smallest absolute Gasteiger partial charge is 0.272 e. The van der Waals surface area contributed by atoms with E-state index in [1.54, 1.807) is 37.4 Å². The number of likely N-dealkylation sites (tertiary alicyclic amines) is 1. The average molecular weight is 395 g/mol. The molecule has 1 saturated heterocycles. The van der Waals surface area contributed by atoms with E-state index in [1.807, 2.05) is 17.0 Å². The molecule has 4 rings (SSSR count). The van der Waals surface area contributed by atoms with Gasteiger partial charge in [0.25, 0.3) is 11.8 Å². The highest BCUT2D eigenvalue weighted by molar-refractivity contribution is 5.98. The fourth-order valence-corrected chi connectivity index (χ4v) is 4.00. The molecular formula is C22H25N3O4. The van der Waals surface area contributed by atoms with Crippen molar-refractivity contribution in [1.82, 2.24) is 14.8 Å². The number of pyridine rings is 1. The molecule has 0 aliphatic carbocycles. The van der Waals surface area contributed by atoms with Crippen molar-refractivity contribution in [3.05, 3.63) is 52.8 Å². The van der Waals surface area contributed by atoms with Gasteiger partial charge in [0.15, 0.2) is 11.5 Å². The first-order chi connectivity index (χ1) is 14.1. The average Bonchev–Trinajstić information content (AvgIpc) is 3.31. The normalized spacial score (nSPS) is 15.8. The van der Waals surface area contributed by atoms with Crippen LogP contribution in [0.4, 0.5) is 0 Å². The Bertz CT molecular complexity index is 938. The fourth-order valence-electron chi connectivity index (χ4n) is 4.00.